The predicted molar refractivity (Wildman–Crippen MR) is 80.5 cm³/mol. The Labute approximate surface area is 119 Å². The lowest BCUT2D eigenvalue weighted by Gasteiger charge is -2.04. The summed E-state index contributed by atoms with van der Waals surface area (Å²) in [6.07, 6.45) is 2.40. The molecule has 2 aromatic carbocycles. The molecule has 1 aliphatic heterocycles. The Morgan fingerprint density at radius 2 is 1.74 bits per heavy atom. The van der Waals surface area contributed by atoms with E-state index < -0.39 is 0 Å². The first-order valence-corrected chi connectivity index (χ1v) is 7.24. The Morgan fingerprint density at radius 1 is 1.00 bits per heavy atom. The number of aryl methyl sites for hydroxylation is 1. The van der Waals surface area contributed by atoms with E-state index in [0.717, 1.165) is 5.02 Å². The number of hydrogen-bond acceptors (Lipinski definition) is 1. The molecule has 2 aromatic rings. The predicted octanol–water partition coefficient (Wildman–Crippen LogP) is 4.33. The summed E-state index contributed by atoms with van der Waals surface area (Å²) in [6.45, 7) is 2.37. The molecule has 0 amide bonds. The normalized spacial score (nSPS) is 21.3. The first-order valence-electron chi connectivity index (χ1n) is 6.86. The molecule has 2 heteroatoms. The van der Waals surface area contributed by atoms with Crippen LogP contribution in [0.2, 0.25) is 5.02 Å². The molecule has 19 heavy (non-hydrogen) atoms. The van der Waals surface area contributed by atoms with E-state index in [1.165, 1.54) is 37.1 Å². The van der Waals surface area contributed by atoms with Gasteiger partial charge in [0.15, 0.2) is 0 Å². The van der Waals surface area contributed by atoms with E-state index in [1.54, 1.807) is 0 Å². The minimum atomic E-state index is 0.619. The third-order valence-electron chi connectivity index (χ3n) is 3.72. The molecule has 0 bridgehead atoms. The summed E-state index contributed by atoms with van der Waals surface area (Å²) in [5.41, 5.74) is 2.83. The van der Waals surface area contributed by atoms with Gasteiger partial charge in [0.1, 0.15) is 0 Å². The van der Waals surface area contributed by atoms with Crippen LogP contribution in [0.15, 0.2) is 54.6 Å². The number of benzene rings is 2. The number of rotatable bonds is 5. The van der Waals surface area contributed by atoms with Gasteiger partial charge in [-0.2, -0.15) is 0 Å². The van der Waals surface area contributed by atoms with Gasteiger partial charge in [-0.05, 0) is 42.6 Å². The van der Waals surface area contributed by atoms with Crippen LogP contribution in [0.4, 0.5) is 0 Å². The van der Waals surface area contributed by atoms with E-state index >= 15 is 0 Å². The zero-order chi connectivity index (χ0) is 13.1. The maximum Gasteiger partial charge on any atom is 0.0476 e. The van der Waals surface area contributed by atoms with Crippen molar-refractivity contribution < 1.29 is 0 Å². The van der Waals surface area contributed by atoms with E-state index in [1.807, 2.05) is 12.1 Å². The van der Waals surface area contributed by atoms with Crippen molar-refractivity contribution in [2.24, 2.45) is 0 Å². The molecule has 1 aliphatic rings. The summed E-state index contributed by atoms with van der Waals surface area (Å²) in [5.74, 6) is 0. The van der Waals surface area contributed by atoms with E-state index in [9.17, 15) is 0 Å². The Hall–Kier alpha value is -1.31. The first kappa shape index (κ1) is 12.7. The number of halogens is 1. The molecule has 0 aromatic heterocycles. The summed E-state index contributed by atoms with van der Waals surface area (Å²) in [5, 5.41) is 0.819. The Morgan fingerprint density at radius 3 is 2.47 bits per heavy atom. The second-order valence-corrected chi connectivity index (χ2v) is 5.59. The van der Waals surface area contributed by atoms with Crippen molar-refractivity contribution in [1.82, 2.24) is 4.90 Å². The highest BCUT2D eigenvalue weighted by Crippen LogP contribution is 2.35. The van der Waals surface area contributed by atoms with Crippen LogP contribution in [0, 0.1) is 0 Å². The molecule has 0 saturated carbocycles. The molecular formula is C17H18ClN. The van der Waals surface area contributed by atoms with E-state index in [4.69, 9.17) is 11.6 Å². The van der Waals surface area contributed by atoms with Crippen LogP contribution in [-0.2, 0) is 6.42 Å². The molecule has 0 aliphatic carbocycles. The monoisotopic (exact) mass is 271 g/mol. The SMILES string of the molecule is Clc1ccc(C2CN2CCCc2ccccc2)cc1. The average Bonchev–Trinajstić information content (AvgIpc) is 3.20. The van der Waals surface area contributed by atoms with Gasteiger partial charge in [-0.1, -0.05) is 54.1 Å². The van der Waals surface area contributed by atoms with Crippen molar-refractivity contribution in [3.8, 4) is 0 Å². The van der Waals surface area contributed by atoms with Crippen LogP contribution < -0.4 is 0 Å². The third-order valence-corrected chi connectivity index (χ3v) is 3.97. The smallest absolute Gasteiger partial charge is 0.0476 e. The molecule has 0 spiro atoms. The fourth-order valence-electron chi connectivity index (χ4n) is 2.55. The van der Waals surface area contributed by atoms with Crippen LogP contribution in [0.1, 0.15) is 23.6 Å². The zero-order valence-corrected chi connectivity index (χ0v) is 11.7. The Bertz CT molecular complexity index is 521. The lowest BCUT2D eigenvalue weighted by atomic mass is 10.1. The van der Waals surface area contributed by atoms with E-state index in [0.29, 0.717) is 6.04 Å². The van der Waals surface area contributed by atoms with Crippen molar-refractivity contribution >= 4 is 11.6 Å². The largest absolute Gasteiger partial charge is 0.293 e. The van der Waals surface area contributed by atoms with Gasteiger partial charge in [0.2, 0.25) is 0 Å². The van der Waals surface area contributed by atoms with Crippen LogP contribution in [0.5, 0.6) is 0 Å². The summed E-state index contributed by atoms with van der Waals surface area (Å²) >= 11 is 5.91. The minimum absolute atomic E-state index is 0.619. The van der Waals surface area contributed by atoms with Crippen LogP contribution >= 0.6 is 11.6 Å². The number of nitrogens with zero attached hydrogens (tertiary/aromatic N) is 1. The number of hydrogen-bond donors (Lipinski definition) is 0. The van der Waals surface area contributed by atoms with Crippen LogP contribution in [-0.4, -0.2) is 18.0 Å². The Balaban J connectivity index is 1.45. The second kappa shape index (κ2) is 5.77. The van der Waals surface area contributed by atoms with Crippen LogP contribution in [0.25, 0.3) is 0 Å². The topological polar surface area (TPSA) is 3.01 Å². The average molecular weight is 272 g/mol. The molecule has 3 rings (SSSR count). The van der Waals surface area contributed by atoms with Gasteiger partial charge in [-0.3, -0.25) is 4.90 Å². The van der Waals surface area contributed by atoms with Crippen molar-refractivity contribution in [1.29, 1.82) is 0 Å². The second-order valence-electron chi connectivity index (χ2n) is 5.15. The van der Waals surface area contributed by atoms with Crippen molar-refractivity contribution in [3.63, 3.8) is 0 Å². The fraction of sp³-hybridized carbons (Fsp3) is 0.294. The highest BCUT2D eigenvalue weighted by atomic mass is 35.5. The van der Waals surface area contributed by atoms with Gasteiger partial charge in [0.05, 0.1) is 0 Å². The van der Waals surface area contributed by atoms with Gasteiger partial charge in [0.25, 0.3) is 0 Å². The molecule has 1 fully saturated rings. The molecule has 0 N–H and O–H groups in total. The van der Waals surface area contributed by atoms with Crippen LogP contribution in [0.3, 0.4) is 0 Å². The van der Waals surface area contributed by atoms with Gasteiger partial charge in [-0.15, -0.1) is 0 Å². The Kier molecular flexibility index (Phi) is 3.86. The maximum atomic E-state index is 5.91. The molecular weight excluding hydrogens is 254 g/mol. The molecule has 98 valence electrons. The third kappa shape index (κ3) is 3.37. The fourth-order valence-corrected chi connectivity index (χ4v) is 2.68. The summed E-state index contributed by atoms with van der Waals surface area (Å²) in [6, 6.07) is 19.6. The molecule has 1 saturated heterocycles. The summed E-state index contributed by atoms with van der Waals surface area (Å²) < 4.78 is 0. The van der Waals surface area contributed by atoms with E-state index in [-0.39, 0.29) is 0 Å². The summed E-state index contributed by atoms with van der Waals surface area (Å²) in [7, 11) is 0. The highest BCUT2D eigenvalue weighted by molar-refractivity contribution is 6.30. The first-order chi connectivity index (χ1) is 9.33. The van der Waals surface area contributed by atoms with Gasteiger partial charge < -0.3 is 0 Å². The van der Waals surface area contributed by atoms with Crippen molar-refractivity contribution in [2.45, 2.75) is 18.9 Å². The molecule has 2 atom stereocenters. The van der Waals surface area contributed by atoms with E-state index in [2.05, 4.69) is 47.4 Å². The molecule has 1 heterocycles. The highest BCUT2D eigenvalue weighted by Gasteiger charge is 2.34. The molecule has 2 unspecified atom stereocenters. The quantitative estimate of drug-likeness (QED) is 0.732. The lowest BCUT2D eigenvalue weighted by Crippen LogP contribution is -2.02. The minimum Gasteiger partial charge on any atom is -0.293 e. The maximum absolute atomic E-state index is 5.91. The standard InChI is InChI=1S/C17H18ClN/c18-16-10-8-15(9-11-16)17-13-19(17)12-4-7-14-5-2-1-3-6-14/h1-3,5-6,8-11,17H,4,7,12-13H2. The van der Waals surface area contributed by atoms with Crippen molar-refractivity contribution in [2.75, 3.05) is 13.1 Å². The molecule has 1 nitrogen and oxygen atoms in total. The van der Waals surface area contributed by atoms with Gasteiger partial charge >= 0.3 is 0 Å². The molecule has 0 radical (unpaired) electrons. The summed E-state index contributed by atoms with van der Waals surface area (Å²) in [4.78, 5) is 2.52. The van der Waals surface area contributed by atoms with Crippen molar-refractivity contribution in [3.05, 3.63) is 70.7 Å². The van der Waals surface area contributed by atoms with Gasteiger partial charge in [0, 0.05) is 17.6 Å². The zero-order valence-electron chi connectivity index (χ0n) is 10.9. The van der Waals surface area contributed by atoms with Gasteiger partial charge in [-0.25, -0.2) is 0 Å². The lowest BCUT2D eigenvalue weighted by molar-refractivity contribution is 0.495.